The van der Waals surface area contributed by atoms with Crippen LogP contribution in [0.1, 0.15) is 18.3 Å². The maximum atomic E-state index is 11.9. The summed E-state index contributed by atoms with van der Waals surface area (Å²) in [7, 11) is 1.77. The number of hydrogen-bond acceptors (Lipinski definition) is 3. The van der Waals surface area contributed by atoms with Crippen molar-refractivity contribution in [3.05, 3.63) is 43.0 Å². The Balaban J connectivity index is 2.45. The van der Waals surface area contributed by atoms with Crippen LogP contribution >= 0.6 is 34.8 Å². The Bertz CT molecular complexity index is 677. The molecule has 0 atom stereocenters. The van der Waals surface area contributed by atoms with Crippen molar-refractivity contribution in [3.63, 3.8) is 0 Å². The van der Waals surface area contributed by atoms with Crippen molar-refractivity contribution >= 4 is 34.8 Å². The first-order valence-electron chi connectivity index (χ1n) is 5.57. The van der Waals surface area contributed by atoms with Crippen molar-refractivity contribution in [3.8, 4) is 0 Å². The summed E-state index contributed by atoms with van der Waals surface area (Å²) < 4.78 is 2.84. The molecule has 0 unspecified atom stereocenters. The lowest BCUT2D eigenvalue weighted by Crippen LogP contribution is -2.24. The van der Waals surface area contributed by atoms with Crippen LogP contribution in [0.5, 0.6) is 0 Å². The first kappa shape index (κ1) is 14.4. The number of rotatable bonds is 3. The number of halogens is 3. The van der Waals surface area contributed by atoms with Crippen LogP contribution in [-0.2, 0) is 20.0 Å². The fourth-order valence-electron chi connectivity index (χ4n) is 1.69. The van der Waals surface area contributed by atoms with E-state index in [2.05, 4.69) is 10.2 Å². The highest BCUT2D eigenvalue weighted by atomic mass is 35.5. The van der Waals surface area contributed by atoms with E-state index >= 15 is 0 Å². The van der Waals surface area contributed by atoms with Crippen molar-refractivity contribution < 1.29 is 0 Å². The molecule has 2 rings (SSSR count). The molecule has 5 nitrogen and oxygen atoms in total. The lowest BCUT2D eigenvalue weighted by Gasteiger charge is -2.06. The van der Waals surface area contributed by atoms with Crippen LogP contribution < -0.4 is 5.56 Å². The Morgan fingerprint density at radius 1 is 1.26 bits per heavy atom. The van der Waals surface area contributed by atoms with Gasteiger partial charge in [-0.1, -0.05) is 41.7 Å². The smallest absolute Gasteiger partial charge is 0.269 e. The molecule has 0 amide bonds. The van der Waals surface area contributed by atoms with E-state index < -0.39 is 5.56 Å². The molecule has 0 aromatic carbocycles. The summed E-state index contributed by atoms with van der Waals surface area (Å²) in [5.41, 5.74) is 1.03. The van der Waals surface area contributed by atoms with Gasteiger partial charge in [-0.25, -0.2) is 4.68 Å². The molecule has 19 heavy (non-hydrogen) atoms. The summed E-state index contributed by atoms with van der Waals surface area (Å²) in [5.74, 6) is 0. The standard InChI is InChI=1S/C11H11Cl3N4O/c1-3-7-10(14)8(17(2)16-7)5-18-11(19)9(13)6(12)4-15-18/h4H,3,5H2,1-2H3. The van der Waals surface area contributed by atoms with Crippen molar-refractivity contribution in [2.75, 3.05) is 0 Å². The molecule has 0 fully saturated rings. The molecule has 2 aromatic rings. The SMILES string of the molecule is CCc1nn(C)c(Cn2ncc(Cl)c(Cl)c2=O)c1Cl. The minimum absolute atomic E-state index is 0.0503. The molecule has 0 aliphatic carbocycles. The average molecular weight is 322 g/mol. The van der Waals surface area contributed by atoms with E-state index in [1.54, 1.807) is 11.7 Å². The van der Waals surface area contributed by atoms with Gasteiger partial charge in [0.05, 0.1) is 34.2 Å². The van der Waals surface area contributed by atoms with E-state index in [-0.39, 0.29) is 16.6 Å². The van der Waals surface area contributed by atoms with E-state index in [9.17, 15) is 4.79 Å². The molecule has 0 saturated carbocycles. The molecule has 0 N–H and O–H groups in total. The molecular formula is C11H11Cl3N4O. The van der Waals surface area contributed by atoms with E-state index in [4.69, 9.17) is 34.8 Å². The van der Waals surface area contributed by atoms with Gasteiger partial charge >= 0.3 is 0 Å². The van der Waals surface area contributed by atoms with Gasteiger partial charge in [-0.05, 0) is 6.42 Å². The Morgan fingerprint density at radius 2 is 1.95 bits per heavy atom. The number of aromatic nitrogens is 4. The van der Waals surface area contributed by atoms with Crippen LogP contribution in [0.4, 0.5) is 0 Å². The molecular weight excluding hydrogens is 311 g/mol. The van der Waals surface area contributed by atoms with Gasteiger partial charge in [0.25, 0.3) is 5.56 Å². The topological polar surface area (TPSA) is 52.7 Å². The average Bonchev–Trinajstić information content (AvgIpc) is 2.66. The third-order valence-corrected chi connectivity index (χ3v) is 3.93. The lowest BCUT2D eigenvalue weighted by molar-refractivity contribution is 0.590. The highest BCUT2D eigenvalue weighted by molar-refractivity contribution is 6.41. The van der Waals surface area contributed by atoms with Gasteiger partial charge < -0.3 is 0 Å². The summed E-state index contributed by atoms with van der Waals surface area (Å²) in [6.45, 7) is 2.15. The maximum Gasteiger partial charge on any atom is 0.287 e. The van der Waals surface area contributed by atoms with Crippen LogP contribution in [0.15, 0.2) is 11.0 Å². The van der Waals surface area contributed by atoms with Crippen molar-refractivity contribution in [2.24, 2.45) is 7.05 Å². The molecule has 0 aliphatic heterocycles. The van der Waals surface area contributed by atoms with Crippen LogP contribution in [0.25, 0.3) is 0 Å². The molecule has 0 bridgehead atoms. The minimum Gasteiger partial charge on any atom is -0.269 e. The van der Waals surface area contributed by atoms with Crippen molar-refractivity contribution in [1.29, 1.82) is 0 Å². The monoisotopic (exact) mass is 320 g/mol. The second-order valence-electron chi connectivity index (χ2n) is 3.95. The summed E-state index contributed by atoms with van der Waals surface area (Å²) in [4.78, 5) is 11.9. The lowest BCUT2D eigenvalue weighted by atomic mass is 10.3. The fraction of sp³-hybridized carbons (Fsp3) is 0.364. The Morgan fingerprint density at radius 3 is 2.53 bits per heavy atom. The Hall–Kier alpha value is -1.04. The van der Waals surface area contributed by atoms with Crippen LogP contribution in [-0.4, -0.2) is 19.6 Å². The number of hydrogen-bond donors (Lipinski definition) is 0. The Labute approximate surface area is 124 Å². The molecule has 2 aromatic heterocycles. The quantitative estimate of drug-likeness (QED) is 0.873. The predicted molar refractivity (Wildman–Crippen MR) is 75.2 cm³/mol. The largest absolute Gasteiger partial charge is 0.287 e. The number of nitrogens with zero attached hydrogens (tertiary/aromatic N) is 4. The summed E-state index contributed by atoms with van der Waals surface area (Å²) in [5, 5.41) is 8.84. The van der Waals surface area contributed by atoms with Gasteiger partial charge in [0, 0.05) is 7.05 Å². The van der Waals surface area contributed by atoms with Crippen molar-refractivity contribution in [1.82, 2.24) is 19.6 Å². The van der Waals surface area contributed by atoms with E-state index in [1.165, 1.54) is 10.9 Å². The molecule has 0 spiro atoms. The van der Waals surface area contributed by atoms with E-state index in [1.807, 2.05) is 6.92 Å². The van der Waals surface area contributed by atoms with Gasteiger partial charge in [0.15, 0.2) is 0 Å². The second-order valence-corrected chi connectivity index (χ2v) is 5.12. The zero-order valence-electron chi connectivity index (χ0n) is 10.3. The van der Waals surface area contributed by atoms with Crippen LogP contribution in [0.2, 0.25) is 15.1 Å². The summed E-state index contributed by atoms with van der Waals surface area (Å²) in [6, 6.07) is 0. The Kier molecular flexibility index (Phi) is 4.18. The first-order chi connectivity index (χ1) is 8.95. The second kappa shape index (κ2) is 5.53. The molecule has 0 radical (unpaired) electrons. The molecule has 0 aliphatic rings. The molecule has 2 heterocycles. The van der Waals surface area contributed by atoms with E-state index in [0.29, 0.717) is 10.7 Å². The van der Waals surface area contributed by atoms with Gasteiger partial charge in [0.2, 0.25) is 0 Å². The minimum atomic E-state index is -0.454. The van der Waals surface area contributed by atoms with Gasteiger partial charge in [-0.2, -0.15) is 10.2 Å². The third-order valence-electron chi connectivity index (χ3n) is 2.74. The summed E-state index contributed by atoms with van der Waals surface area (Å²) >= 11 is 17.7. The van der Waals surface area contributed by atoms with Crippen LogP contribution in [0, 0.1) is 0 Å². The highest BCUT2D eigenvalue weighted by Gasteiger charge is 2.15. The highest BCUT2D eigenvalue weighted by Crippen LogP contribution is 2.21. The summed E-state index contributed by atoms with van der Waals surface area (Å²) in [6.07, 6.45) is 2.05. The number of aryl methyl sites for hydroxylation is 2. The normalized spacial score (nSPS) is 11.0. The molecule has 0 saturated heterocycles. The zero-order chi connectivity index (χ0) is 14.2. The first-order valence-corrected chi connectivity index (χ1v) is 6.70. The van der Waals surface area contributed by atoms with Crippen molar-refractivity contribution in [2.45, 2.75) is 19.9 Å². The maximum absolute atomic E-state index is 11.9. The fourth-order valence-corrected chi connectivity index (χ4v) is 2.32. The van der Waals surface area contributed by atoms with Gasteiger partial charge in [0.1, 0.15) is 5.02 Å². The zero-order valence-corrected chi connectivity index (χ0v) is 12.6. The predicted octanol–water partition coefficient (Wildman–Crippen LogP) is 2.55. The van der Waals surface area contributed by atoms with Gasteiger partial charge in [-0.3, -0.25) is 9.48 Å². The van der Waals surface area contributed by atoms with E-state index in [0.717, 1.165) is 12.1 Å². The van der Waals surface area contributed by atoms with Crippen LogP contribution in [0.3, 0.4) is 0 Å². The van der Waals surface area contributed by atoms with Gasteiger partial charge in [-0.15, -0.1) is 0 Å². The third kappa shape index (κ3) is 2.63. The molecule has 102 valence electrons. The molecule has 8 heteroatoms.